The summed E-state index contributed by atoms with van der Waals surface area (Å²) < 4.78 is 0. The van der Waals surface area contributed by atoms with Gasteiger partial charge in [0, 0.05) is 8.07 Å². The van der Waals surface area contributed by atoms with Crippen molar-refractivity contribution in [3.05, 3.63) is 146 Å². The van der Waals surface area contributed by atoms with E-state index < -0.39 is 27.1 Å². The number of allylic oxidation sites excluding steroid dienone is 7. The lowest BCUT2D eigenvalue weighted by Gasteiger charge is -2.38. The fourth-order valence-electron chi connectivity index (χ4n) is 8.34. The van der Waals surface area contributed by atoms with E-state index >= 15 is 0 Å². The average molecular weight is 571 g/mol. The Bertz CT molecular complexity index is 1540. The SMILES string of the molecule is Cc1cccc(C2=CC3=C([SiH2]2)C2=C(C=C(C4CCCC([Si](C)(C)C)C4)[SiH2]2)C3(c2ccccc2)c2ccccc2)c1. The highest BCUT2D eigenvalue weighted by atomic mass is 28.3. The van der Waals surface area contributed by atoms with E-state index in [-0.39, 0.29) is 5.41 Å². The smallest absolute Gasteiger partial charge is 0.0792 e. The summed E-state index contributed by atoms with van der Waals surface area (Å²) in [4.78, 5) is 0. The molecule has 2 atom stereocenters. The van der Waals surface area contributed by atoms with Crippen LogP contribution in [0.2, 0.25) is 25.2 Å². The Morgan fingerprint density at radius 1 is 0.725 bits per heavy atom. The van der Waals surface area contributed by atoms with Crippen molar-refractivity contribution >= 4 is 32.3 Å². The summed E-state index contributed by atoms with van der Waals surface area (Å²) in [5.74, 6) is 0.823. The lowest BCUT2D eigenvalue weighted by atomic mass is 9.66. The van der Waals surface area contributed by atoms with Gasteiger partial charge in [0.15, 0.2) is 0 Å². The monoisotopic (exact) mass is 570 g/mol. The van der Waals surface area contributed by atoms with E-state index in [2.05, 4.69) is 124 Å². The number of hydrogen-bond donors (Lipinski definition) is 0. The van der Waals surface area contributed by atoms with Gasteiger partial charge in [-0.3, -0.25) is 0 Å². The summed E-state index contributed by atoms with van der Waals surface area (Å²) in [5.41, 5.74) is 9.81. The molecule has 1 saturated carbocycles. The molecule has 0 nitrogen and oxygen atoms in total. The Morgan fingerprint density at radius 2 is 1.38 bits per heavy atom. The van der Waals surface area contributed by atoms with E-state index in [9.17, 15) is 0 Å². The molecule has 0 N–H and O–H groups in total. The van der Waals surface area contributed by atoms with Crippen molar-refractivity contribution in [1.29, 1.82) is 0 Å². The highest BCUT2D eigenvalue weighted by Crippen LogP contribution is 2.59. The molecular formula is C37H42Si3. The minimum absolute atomic E-state index is 0.173. The molecular weight excluding hydrogens is 529 g/mol. The van der Waals surface area contributed by atoms with Crippen LogP contribution in [0.1, 0.15) is 47.9 Å². The summed E-state index contributed by atoms with van der Waals surface area (Å²) in [6.45, 7) is 10.1. The molecule has 7 rings (SSSR count). The number of benzene rings is 3. The molecule has 0 aromatic heterocycles. The summed E-state index contributed by atoms with van der Waals surface area (Å²) in [7, 11) is -2.13. The maximum Gasteiger partial charge on any atom is 0.0885 e. The quantitative estimate of drug-likeness (QED) is 0.273. The maximum absolute atomic E-state index is 2.78. The molecule has 40 heavy (non-hydrogen) atoms. The summed E-state index contributed by atoms with van der Waals surface area (Å²) >= 11 is 0. The lowest BCUT2D eigenvalue weighted by Crippen LogP contribution is -2.33. The topological polar surface area (TPSA) is 0 Å². The van der Waals surface area contributed by atoms with E-state index in [0.29, 0.717) is 0 Å². The van der Waals surface area contributed by atoms with Gasteiger partial charge in [-0.25, -0.2) is 0 Å². The van der Waals surface area contributed by atoms with Crippen molar-refractivity contribution in [1.82, 2.24) is 0 Å². The molecule has 0 radical (unpaired) electrons. The second-order valence-electron chi connectivity index (χ2n) is 13.8. The minimum Gasteiger partial charge on any atom is -0.0792 e. The van der Waals surface area contributed by atoms with Gasteiger partial charge in [-0.1, -0.05) is 156 Å². The normalized spacial score (nSPS) is 24.9. The van der Waals surface area contributed by atoms with Crippen LogP contribution in [0, 0.1) is 12.8 Å². The first-order valence-corrected chi connectivity index (χ1v) is 21.8. The van der Waals surface area contributed by atoms with E-state index in [1.165, 1.54) is 47.9 Å². The molecule has 3 aromatic rings. The average Bonchev–Trinajstić information content (AvgIpc) is 3.65. The molecule has 0 amide bonds. The van der Waals surface area contributed by atoms with Gasteiger partial charge < -0.3 is 0 Å². The highest BCUT2D eigenvalue weighted by molar-refractivity contribution is 6.77. The van der Waals surface area contributed by atoms with Crippen molar-refractivity contribution in [2.75, 3.05) is 0 Å². The van der Waals surface area contributed by atoms with Crippen LogP contribution >= 0.6 is 0 Å². The van der Waals surface area contributed by atoms with E-state index in [1.54, 1.807) is 21.5 Å². The second kappa shape index (κ2) is 9.97. The van der Waals surface area contributed by atoms with Gasteiger partial charge in [0.2, 0.25) is 0 Å². The number of fused-ring (bicyclic) bond motifs is 1. The molecule has 2 aliphatic carbocycles. The largest absolute Gasteiger partial charge is 0.0885 e. The third-order valence-corrected chi connectivity index (χ3v) is 18.4. The van der Waals surface area contributed by atoms with Crippen LogP contribution < -0.4 is 0 Å². The van der Waals surface area contributed by atoms with Crippen molar-refractivity contribution in [3.8, 4) is 0 Å². The predicted octanol–water partition coefficient (Wildman–Crippen LogP) is 7.99. The molecule has 202 valence electrons. The van der Waals surface area contributed by atoms with Crippen LogP contribution in [0.4, 0.5) is 0 Å². The fraction of sp³-hybridized carbons (Fsp3) is 0.297. The summed E-state index contributed by atoms with van der Waals surface area (Å²) in [6.07, 6.45) is 11.2. The number of hydrogen-bond acceptors (Lipinski definition) is 0. The van der Waals surface area contributed by atoms with Crippen LogP contribution in [0.25, 0.3) is 5.20 Å². The van der Waals surface area contributed by atoms with Gasteiger partial charge in [0.05, 0.1) is 24.5 Å². The third-order valence-electron chi connectivity index (χ3n) is 10.4. The van der Waals surface area contributed by atoms with E-state index in [0.717, 1.165) is 11.5 Å². The minimum atomic E-state index is -1.12. The second-order valence-corrected chi connectivity index (χ2v) is 23.1. The predicted molar refractivity (Wildman–Crippen MR) is 181 cm³/mol. The van der Waals surface area contributed by atoms with Crippen molar-refractivity contribution < 1.29 is 0 Å². The van der Waals surface area contributed by atoms with Crippen molar-refractivity contribution in [2.24, 2.45) is 5.92 Å². The van der Waals surface area contributed by atoms with Crippen LogP contribution in [0.3, 0.4) is 0 Å². The standard InChI is InChI=1S/C37H42Si3/c1-25-13-11-14-26(21-25)33-23-31-35(38-33)36-32(24-34(39-36)27-15-12-20-30(22-27)40(2,3)4)37(31,28-16-7-5-8-17-28)29-18-9-6-10-19-29/h5-11,13-14,16-19,21,23-24,27,30H,12,15,20,22,38-39H2,1-4H3. The summed E-state index contributed by atoms with van der Waals surface area (Å²) in [6, 6.07) is 32.3. The van der Waals surface area contributed by atoms with Crippen LogP contribution in [-0.4, -0.2) is 27.1 Å². The Labute approximate surface area is 246 Å². The van der Waals surface area contributed by atoms with Crippen LogP contribution in [0.15, 0.2) is 124 Å². The molecule has 1 fully saturated rings. The lowest BCUT2D eigenvalue weighted by molar-refractivity contribution is 0.405. The van der Waals surface area contributed by atoms with Crippen LogP contribution in [0.5, 0.6) is 0 Å². The molecule has 4 aliphatic rings. The first kappa shape index (κ1) is 26.2. The fourth-order valence-corrected chi connectivity index (χ4v) is 15.6. The zero-order chi connectivity index (χ0) is 27.5. The van der Waals surface area contributed by atoms with Crippen LogP contribution in [-0.2, 0) is 5.41 Å². The van der Waals surface area contributed by atoms with Gasteiger partial charge in [0.25, 0.3) is 0 Å². The molecule has 2 heterocycles. The molecule has 0 saturated heterocycles. The molecule has 0 spiro atoms. The Hall–Kier alpha value is -2.73. The maximum atomic E-state index is 2.78. The first-order valence-electron chi connectivity index (χ1n) is 15.4. The zero-order valence-electron chi connectivity index (χ0n) is 24.6. The molecule has 2 aliphatic heterocycles. The van der Waals surface area contributed by atoms with Gasteiger partial charge >= 0.3 is 0 Å². The summed E-state index contributed by atoms with van der Waals surface area (Å²) in [5, 5.41) is 7.15. The number of rotatable bonds is 5. The number of aryl methyl sites for hydroxylation is 1. The molecule has 2 unspecified atom stereocenters. The highest BCUT2D eigenvalue weighted by Gasteiger charge is 2.51. The van der Waals surface area contributed by atoms with Gasteiger partial charge in [-0.05, 0) is 59.1 Å². The van der Waals surface area contributed by atoms with Gasteiger partial charge in [-0.2, -0.15) is 0 Å². The first-order chi connectivity index (χ1) is 19.4. The molecule has 3 heteroatoms. The van der Waals surface area contributed by atoms with Crippen molar-refractivity contribution in [3.63, 3.8) is 0 Å². The third kappa shape index (κ3) is 4.20. The molecule has 0 bridgehead atoms. The van der Waals surface area contributed by atoms with Gasteiger partial charge in [0.1, 0.15) is 0 Å². The zero-order valence-corrected chi connectivity index (χ0v) is 28.5. The Morgan fingerprint density at radius 3 is 2.02 bits per heavy atom. The van der Waals surface area contributed by atoms with Gasteiger partial charge in [-0.15, -0.1) is 0 Å². The van der Waals surface area contributed by atoms with E-state index in [4.69, 9.17) is 0 Å². The Balaban J connectivity index is 1.38. The molecule has 3 aromatic carbocycles. The Kier molecular flexibility index (Phi) is 6.53. The van der Waals surface area contributed by atoms with Crippen molar-refractivity contribution in [2.45, 2.75) is 63.2 Å². The van der Waals surface area contributed by atoms with E-state index in [1.807, 2.05) is 10.4 Å².